The Morgan fingerprint density at radius 1 is 1.53 bits per heavy atom. The zero-order valence-corrected chi connectivity index (χ0v) is 10.5. The summed E-state index contributed by atoms with van der Waals surface area (Å²) in [5, 5.41) is 13.9. The Morgan fingerprint density at radius 3 is 2.76 bits per heavy atom. The van der Waals surface area contributed by atoms with Gasteiger partial charge >= 0.3 is 0 Å². The summed E-state index contributed by atoms with van der Waals surface area (Å²) in [7, 11) is 0. The molecule has 0 radical (unpaired) electrons. The highest BCUT2D eigenvalue weighted by Crippen LogP contribution is 2.26. The van der Waals surface area contributed by atoms with Crippen molar-refractivity contribution in [2.45, 2.75) is 20.0 Å². The summed E-state index contributed by atoms with van der Waals surface area (Å²) in [5.41, 5.74) is 0.656. The van der Waals surface area contributed by atoms with Crippen LogP contribution >= 0.6 is 11.6 Å². The maximum absolute atomic E-state index is 10.5. The second-order valence-corrected chi connectivity index (χ2v) is 4.17. The second kappa shape index (κ2) is 6.42. The van der Waals surface area contributed by atoms with E-state index in [-0.39, 0.29) is 11.8 Å². The third kappa shape index (κ3) is 4.58. The van der Waals surface area contributed by atoms with Crippen molar-refractivity contribution in [3.05, 3.63) is 33.3 Å². The van der Waals surface area contributed by atoms with E-state index in [4.69, 9.17) is 16.3 Å². The Morgan fingerprint density at radius 2 is 2.24 bits per heavy atom. The molecule has 0 spiro atoms. The summed E-state index contributed by atoms with van der Waals surface area (Å²) in [5.74, 6) is 0. The van der Waals surface area contributed by atoms with E-state index in [0.717, 1.165) is 0 Å². The molecule has 0 aliphatic rings. The van der Waals surface area contributed by atoms with Crippen LogP contribution in [-0.2, 0) is 4.74 Å². The quantitative estimate of drug-likeness (QED) is 0.484. The van der Waals surface area contributed by atoms with Crippen LogP contribution in [0, 0.1) is 10.1 Å². The Labute approximate surface area is 105 Å². The van der Waals surface area contributed by atoms with Gasteiger partial charge in [-0.3, -0.25) is 10.1 Å². The van der Waals surface area contributed by atoms with Crippen LogP contribution in [0.1, 0.15) is 13.8 Å². The molecule has 0 aromatic heterocycles. The summed E-state index contributed by atoms with van der Waals surface area (Å²) in [6, 6.07) is 4.33. The minimum absolute atomic E-state index is 0.0148. The van der Waals surface area contributed by atoms with Crippen molar-refractivity contribution in [3.63, 3.8) is 0 Å². The van der Waals surface area contributed by atoms with Gasteiger partial charge in [-0.15, -0.1) is 0 Å². The highest BCUT2D eigenvalue weighted by Gasteiger charge is 2.08. The molecule has 0 heterocycles. The van der Waals surface area contributed by atoms with E-state index in [0.29, 0.717) is 23.9 Å². The molecular formula is C11H15ClN2O3. The van der Waals surface area contributed by atoms with Crippen molar-refractivity contribution < 1.29 is 9.66 Å². The predicted molar refractivity (Wildman–Crippen MR) is 67.7 cm³/mol. The first kappa shape index (κ1) is 13.7. The molecule has 0 saturated carbocycles. The van der Waals surface area contributed by atoms with Crippen LogP contribution in [0.5, 0.6) is 0 Å². The molecule has 1 aromatic carbocycles. The molecule has 94 valence electrons. The van der Waals surface area contributed by atoms with Gasteiger partial charge in [-0.1, -0.05) is 11.6 Å². The number of nitro benzene ring substituents is 1. The zero-order chi connectivity index (χ0) is 12.8. The molecule has 0 fully saturated rings. The average molecular weight is 259 g/mol. The van der Waals surface area contributed by atoms with E-state index in [1.54, 1.807) is 6.07 Å². The molecule has 0 amide bonds. The van der Waals surface area contributed by atoms with Gasteiger partial charge in [0.25, 0.3) is 5.69 Å². The Balaban J connectivity index is 2.52. The fraction of sp³-hybridized carbons (Fsp3) is 0.455. The molecule has 6 heteroatoms. The van der Waals surface area contributed by atoms with Gasteiger partial charge in [-0.2, -0.15) is 0 Å². The lowest BCUT2D eigenvalue weighted by Gasteiger charge is -2.10. The number of hydrogen-bond acceptors (Lipinski definition) is 4. The van der Waals surface area contributed by atoms with E-state index in [1.807, 2.05) is 13.8 Å². The van der Waals surface area contributed by atoms with Crippen molar-refractivity contribution in [2.24, 2.45) is 0 Å². The van der Waals surface area contributed by atoms with Crippen LogP contribution in [0.15, 0.2) is 18.2 Å². The molecule has 0 unspecified atom stereocenters. The number of hydrogen-bond donors (Lipinski definition) is 1. The average Bonchev–Trinajstić information content (AvgIpc) is 2.25. The number of nitro groups is 1. The predicted octanol–water partition coefficient (Wildman–Crippen LogP) is 3.09. The number of halogens is 1. The van der Waals surface area contributed by atoms with E-state index in [9.17, 15) is 10.1 Å². The number of non-ortho nitro benzene ring substituents is 1. The van der Waals surface area contributed by atoms with Crippen LogP contribution in [0.4, 0.5) is 11.4 Å². The molecule has 0 aliphatic carbocycles. The zero-order valence-electron chi connectivity index (χ0n) is 9.77. The smallest absolute Gasteiger partial charge is 0.271 e. The van der Waals surface area contributed by atoms with Crippen molar-refractivity contribution in [2.75, 3.05) is 18.5 Å². The van der Waals surface area contributed by atoms with Gasteiger partial charge in [0.05, 0.1) is 28.3 Å². The molecule has 1 aromatic rings. The minimum atomic E-state index is -0.475. The summed E-state index contributed by atoms with van der Waals surface area (Å²) < 4.78 is 5.35. The van der Waals surface area contributed by atoms with Gasteiger partial charge in [0.15, 0.2) is 0 Å². The molecule has 17 heavy (non-hydrogen) atoms. The summed E-state index contributed by atoms with van der Waals surface area (Å²) in [6.07, 6.45) is 0.184. The highest BCUT2D eigenvalue weighted by atomic mass is 35.5. The van der Waals surface area contributed by atoms with Crippen LogP contribution in [0.25, 0.3) is 0 Å². The lowest BCUT2D eigenvalue weighted by atomic mass is 10.3. The molecule has 1 rings (SSSR count). The van der Waals surface area contributed by atoms with E-state index in [1.165, 1.54) is 12.1 Å². The summed E-state index contributed by atoms with van der Waals surface area (Å²) >= 11 is 5.91. The van der Waals surface area contributed by atoms with Gasteiger partial charge in [0.1, 0.15) is 0 Å². The van der Waals surface area contributed by atoms with Crippen LogP contribution < -0.4 is 5.32 Å². The molecule has 0 saturated heterocycles. The lowest BCUT2D eigenvalue weighted by molar-refractivity contribution is -0.384. The molecule has 5 nitrogen and oxygen atoms in total. The van der Waals surface area contributed by atoms with Crippen molar-refractivity contribution in [3.8, 4) is 0 Å². The standard InChI is InChI=1S/C11H15ClN2O3/c1-8(2)17-6-5-13-11-4-3-9(14(15)16)7-10(11)12/h3-4,7-8,13H,5-6H2,1-2H3. The lowest BCUT2D eigenvalue weighted by Crippen LogP contribution is -2.13. The number of anilines is 1. The molecular weight excluding hydrogens is 244 g/mol. The SMILES string of the molecule is CC(C)OCCNc1ccc([N+](=O)[O-])cc1Cl. The van der Waals surface area contributed by atoms with Gasteiger partial charge in [-0.05, 0) is 19.9 Å². The van der Waals surface area contributed by atoms with Gasteiger partial charge in [-0.25, -0.2) is 0 Å². The fourth-order valence-corrected chi connectivity index (χ4v) is 1.48. The molecule has 0 aliphatic heterocycles. The van der Waals surface area contributed by atoms with E-state index >= 15 is 0 Å². The Bertz CT molecular complexity index is 396. The third-order valence-electron chi connectivity index (χ3n) is 2.03. The summed E-state index contributed by atoms with van der Waals surface area (Å²) in [6.45, 7) is 5.08. The largest absolute Gasteiger partial charge is 0.382 e. The van der Waals surface area contributed by atoms with E-state index < -0.39 is 4.92 Å². The van der Waals surface area contributed by atoms with Crippen LogP contribution in [0.2, 0.25) is 5.02 Å². The molecule has 0 bridgehead atoms. The number of nitrogens with zero attached hydrogens (tertiary/aromatic N) is 1. The number of ether oxygens (including phenoxy) is 1. The molecule has 0 atom stereocenters. The number of benzene rings is 1. The van der Waals surface area contributed by atoms with Crippen molar-refractivity contribution in [1.82, 2.24) is 0 Å². The number of nitrogens with one attached hydrogen (secondary N) is 1. The first-order valence-corrected chi connectivity index (χ1v) is 5.68. The highest BCUT2D eigenvalue weighted by molar-refractivity contribution is 6.33. The second-order valence-electron chi connectivity index (χ2n) is 3.77. The molecule has 1 N–H and O–H groups in total. The summed E-state index contributed by atoms with van der Waals surface area (Å²) in [4.78, 5) is 10.0. The minimum Gasteiger partial charge on any atom is -0.382 e. The number of rotatable bonds is 6. The van der Waals surface area contributed by atoms with Gasteiger partial charge in [0, 0.05) is 18.7 Å². The topological polar surface area (TPSA) is 64.4 Å². The van der Waals surface area contributed by atoms with Crippen molar-refractivity contribution in [1.29, 1.82) is 0 Å². The first-order chi connectivity index (χ1) is 8.00. The monoisotopic (exact) mass is 258 g/mol. The maximum atomic E-state index is 10.5. The van der Waals surface area contributed by atoms with Gasteiger partial charge in [0.2, 0.25) is 0 Å². The Hall–Kier alpha value is -1.33. The van der Waals surface area contributed by atoms with Crippen molar-refractivity contribution >= 4 is 23.0 Å². The van der Waals surface area contributed by atoms with Crippen LogP contribution in [-0.4, -0.2) is 24.2 Å². The first-order valence-electron chi connectivity index (χ1n) is 5.30. The Kier molecular flexibility index (Phi) is 5.18. The van der Waals surface area contributed by atoms with E-state index in [2.05, 4.69) is 5.32 Å². The van der Waals surface area contributed by atoms with Gasteiger partial charge < -0.3 is 10.1 Å². The maximum Gasteiger partial charge on any atom is 0.271 e. The van der Waals surface area contributed by atoms with Crippen LogP contribution in [0.3, 0.4) is 0 Å². The fourth-order valence-electron chi connectivity index (χ4n) is 1.24. The normalized spacial score (nSPS) is 10.6. The third-order valence-corrected chi connectivity index (χ3v) is 2.34.